The molecule has 1 rings (SSSR count). The number of ether oxygens (including phenoxy) is 2. The predicted octanol–water partition coefficient (Wildman–Crippen LogP) is 0.0691. The van der Waals surface area contributed by atoms with Crippen molar-refractivity contribution in [2.24, 2.45) is 0 Å². The second-order valence-electron chi connectivity index (χ2n) is 5.22. The molecule has 1 aliphatic heterocycles. The summed E-state index contributed by atoms with van der Waals surface area (Å²) in [7, 11) is 0. The Morgan fingerprint density at radius 3 is 2.75 bits per heavy atom. The zero-order valence-corrected chi connectivity index (χ0v) is 10.2. The van der Waals surface area contributed by atoms with Crippen molar-refractivity contribution < 1.29 is 19.4 Å². The summed E-state index contributed by atoms with van der Waals surface area (Å²) >= 11 is 0. The average Bonchev–Trinajstić information content (AvgIpc) is 2.49. The summed E-state index contributed by atoms with van der Waals surface area (Å²) < 4.78 is 10.2. The van der Waals surface area contributed by atoms with E-state index in [0.29, 0.717) is 26.2 Å². The molecule has 0 bridgehead atoms. The summed E-state index contributed by atoms with van der Waals surface area (Å²) in [5, 5.41) is 12.8. The van der Waals surface area contributed by atoms with Crippen LogP contribution in [0.3, 0.4) is 0 Å². The van der Waals surface area contributed by atoms with Gasteiger partial charge in [-0.3, -0.25) is 4.79 Å². The van der Waals surface area contributed by atoms with Gasteiger partial charge in [0.1, 0.15) is 11.2 Å². The van der Waals surface area contributed by atoms with Crippen molar-refractivity contribution in [1.82, 2.24) is 5.32 Å². The van der Waals surface area contributed by atoms with Crippen LogP contribution in [0.1, 0.15) is 27.2 Å². The summed E-state index contributed by atoms with van der Waals surface area (Å²) in [5.41, 5.74) is -1.30. The highest BCUT2D eigenvalue weighted by Gasteiger charge is 2.31. The van der Waals surface area contributed by atoms with Crippen LogP contribution < -0.4 is 5.32 Å². The summed E-state index contributed by atoms with van der Waals surface area (Å²) in [6.07, 6.45) is 0.605. The molecule has 1 atom stereocenters. The molecular weight excluding hydrogens is 210 g/mol. The highest BCUT2D eigenvalue weighted by atomic mass is 16.6. The zero-order valence-electron chi connectivity index (χ0n) is 10.2. The number of aliphatic hydroxyl groups is 1. The minimum absolute atomic E-state index is 0.111. The van der Waals surface area contributed by atoms with Gasteiger partial charge in [-0.1, -0.05) is 0 Å². The molecule has 0 aromatic rings. The number of hydrogen-bond acceptors (Lipinski definition) is 5. The van der Waals surface area contributed by atoms with Gasteiger partial charge in [-0.05, 0) is 20.8 Å². The molecule has 0 aromatic heterocycles. The summed E-state index contributed by atoms with van der Waals surface area (Å²) in [5.74, 6) is -0.310. The van der Waals surface area contributed by atoms with E-state index in [1.165, 1.54) is 0 Å². The maximum Gasteiger partial charge on any atom is 0.320 e. The number of carbonyl (C=O) groups is 1. The van der Waals surface area contributed by atoms with E-state index in [1.54, 1.807) is 0 Å². The molecule has 2 N–H and O–H groups in total. The zero-order chi connectivity index (χ0) is 12.2. The quantitative estimate of drug-likeness (QED) is 0.670. The van der Waals surface area contributed by atoms with Crippen LogP contribution in [0.5, 0.6) is 0 Å². The van der Waals surface area contributed by atoms with Gasteiger partial charge in [0.15, 0.2) is 0 Å². The molecule has 1 aliphatic rings. The van der Waals surface area contributed by atoms with Crippen molar-refractivity contribution in [2.45, 2.75) is 38.4 Å². The second-order valence-corrected chi connectivity index (χ2v) is 5.22. The Labute approximate surface area is 96.1 Å². The van der Waals surface area contributed by atoms with Crippen LogP contribution in [-0.2, 0) is 14.3 Å². The Morgan fingerprint density at radius 2 is 2.25 bits per heavy atom. The van der Waals surface area contributed by atoms with E-state index < -0.39 is 11.2 Å². The minimum Gasteiger partial charge on any atom is -0.459 e. The summed E-state index contributed by atoms with van der Waals surface area (Å²) in [6, 6.07) is 0. The number of nitrogens with one attached hydrogen (secondary N) is 1. The van der Waals surface area contributed by atoms with Crippen molar-refractivity contribution >= 4 is 5.97 Å². The number of rotatable bonds is 4. The third-order valence-corrected chi connectivity index (χ3v) is 2.23. The molecule has 0 spiro atoms. The highest BCUT2D eigenvalue weighted by molar-refractivity contribution is 5.72. The standard InChI is InChI=1S/C11H21NO4/c1-10(2,3)16-9(13)6-12-7-11(14)4-5-15-8-11/h12,14H,4-8H2,1-3H3. The summed E-state index contributed by atoms with van der Waals surface area (Å²) in [6.45, 7) is 6.83. The molecule has 0 amide bonds. The molecule has 94 valence electrons. The van der Waals surface area contributed by atoms with Gasteiger partial charge in [-0.15, -0.1) is 0 Å². The van der Waals surface area contributed by atoms with Gasteiger partial charge in [-0.25, -0.2) is 0 Å². The van der Waals surface area contributed by atoms with Gasteiger partial charge in [0.2, 0.25) is 0 Å². The van der Waals surface area contributed by atoms with E-state index in [-0.39, 0.29) is 12.5 Å². The van der Waals surface area contributed by atoms with E-state index in [4.69, 9.17) is 9.47 Å². The first kappa shape index (κ1) is 13.4. The Kier molecular flexibility index (Phi) is 4.29. The van der Waals surface area contributed by atoms with E-state index in [9.17, 15) is 9.90 Å². The lowest BCUT2D eigenvalue weighted by Crippen LogP contribution is -2.43. The van der Waals surface area contributed by atoms with Crippen molar-refractivity contribution in [3.05, 3.63) is 0 Å². The number of esters is 1. The van der Waals surface area contributed by atoms with E-state index in [1.807, 2.05) is 20.8 Å². The molecule has 0 aliphatic carbocycles. The molecule has 1 unspecified atom stereocenters. The first-order valence-corrected chi connectivity index (χ1v) is 5.53. The van der Waals surface area contributed by atoms with Gasteiger partial charge in [-0.2, -0.15) is 0 Å². The van der Waals surface area contributed by atoms with Crippen LogP contribution in [0.2, 0.25) is 0 Å². The van der Waals surface area contributed by atoms with Gasteiger partial charge >= 0.3 is 5.97 Å². The Balaban J connectivity index is 2.18. The predicted molar refractivity (Wildman–Crippen MR) is 59.1 cm³/mol. The van der Waals surface area contributed by atoms with Crippen LogP contribution in [0.25, 0.3) is 0 Å². The molecule has 16 heavy (non-hydrogen) atoms. The monoisotopic (exact) mass is 231 g/mol. The molecule has 1 heterocycles. The first-order chi connectivity index (χ1) is 7.31. The molecule has 0 saturated carbocycles. The smallest absolute Gasteiger partial charge is 0.320 e. The van der Waals surface area contributed by atoms with Crippen molar-refractivity contribution in [3.8, 4) is 0 Å². The Hall–Kier alpha value is -0.650. The lowest BCUT2D eigenvalue weighted by atomic mass is 10.0. The minimum atomic E-state index is -0.831. The van der Waals surface area contributed by atoms with Gasteiger partial charge < -0.3 is 19.9 Å². The Bertz CT molecular complexity index is 241. The Morgan fingerprint density at radius 1 is 1.56 bits per heavy atom. The largest absolute Gasteiger partial charge is 0.459 e. The second kappa shape index (κ2) is 5.12. The van der Waals surface area contributed by atoms with E-state index in [0.717, 1.165) is 0 Å². The van der Waals surface area contributed by atoms with Crippen LogP contribution in [-0.4, -0.2) is 48.6 Å². The molecule has 0 aromatic carbocycles. The third kappa shape index (κ3) is 4.92. The van der Waals surface area contributed by atoms with Crippen LogP contribution in [0.15, 0.2) is 0 Å². The van der Waals surface area contributed by atoms with Crippen molar-refractivity contribution in [1.29, 1.82) is 0 Å². The van der Waals surface area contributed by atoms with Crippen molar-refractivity contribution in [2.75, 3.05) is 26.3 Å². The highest BCUT2D eigenvalue weighted by Crippen LogP contribution is 2.16. The number of carbonyl (C=O) groups excluding carboxylic acids is 1. The molecule has 1 fully saturated rings. The average molecular weight is 231 g/mol. The maximum absolute atomic E-state index is 11.3. The fraction of sp³-hybridized carbons (Fsp3) is 0.909. The van der Waals surface area contributed by atoms with Crippen LogP contribution >= 0.6 is 0 Å². The van der Waals surface area contributed by atoms with Crippen LogP contribution in [0, 0.1) is 0 Å². The molecule has 5 heteroatoms. The molecule has 0 radical (unpaired) electrons. The summed E-state index contributed by atoms with van der Waals surface area (Å²) in [4.78, 5) is 11.3. The van der Waals surface area contributed by atoms with Gasteiger partial charge in [0.25, 0.3) is 0 Å². The topological polar surface area (TPSA) is 67.8 Å². The third-order valence-electron chi connectivity index (χ3n) is 2.23. The fourth-order valence-corrected chi connectivity index (χ4v) is 1.51. The maximum atomic E-state index is 11.3. The first-order valence-electron chi connectivity index (χ1n) is 5.53. The van der Waals surface area contributed by atoms with Gasteiger partial charge in [0, 0.05) is 19.6 Å². The van der Waals surface area contributed by atoms with Gasteiger partial charge in [0.05, 0.1) is 13.2 Å². The van der Waals surface area contributed by atoms with Crippen molar-refractivity contribution in [3.63, 3.8) is 0 Å². The molecular formula is C11H21NO4. The fourth-order valence-electron chi connectivity index (χ4n) is 1.51. The molecule has 5 nitrogen and oxygen atoms in total. The normalized spacial score (nSPS) is 25.8. The number of hydrogen-bond donors (Lipinski definition) is 2. The van der Waals surface area contributed by atoms with Crippen LogP contribution in [0.4, 0.5) is 0 Å². The SMILES string of the molecule is CC(C)(C)OC(=O)CNCC1(O)CCOC1. The lowest BCUT2D eigenvalue weighted by molar-refractivity contribution is -0.153. The lowest BCUT2D eigenvalue weighted by Gasteiger charge is -2.22. The van der Waals surface area contributed by atoms with E-state index in [2.05, 4.69) is 5.32 Å². The molecule has 1 saturated heterocycles. The van der Waals surface area contributed by atoms with E-state index >= 15 is 0 Å².